The maximum Gasteiger partial charge on any atom is 0.407 e. The molecule has 1 fully saturated rings. The molecule has 0 spiro atoms. The first kappa shape index (κ1) is 13.5. The van der Waals surface area contributed by atoms with Crippen LogP contribution in [0.2, 0.25) is 0 Å². The molecule has 3 rings (SSSR count). The molecule has 2 aromatic rings. The number of benzene rings is 2. The number of hydrogen-bond acceptors (Lipinski definition) is 3. The molecule has 0 unspecified atom stereocenters. The van der Waals surface area contributed by atoms with Crippen LogP contribution < -0.4 is 9.64 Å². The van der Waals surface area contributed by atoms with Gasteiger partial charge in [0.05, 0.1) is 7.11 Å². The van der Waals surface area contributed by atoms with Crippen molar-refractivity contribution in [2.75, 3.05) is 38.2 Å². The van der Waals surface area contributed by atoms with Crippen molar-refractivity contribution >= 4 is 22.6 Å². The summed E-state index contributed by atoms with van der Waals surface area (Å²) in [7, 11) is 1.66. The van der Waals surface area contributed by atoms with Gasteiger partial charge in [-0.2, -0.15) is 0 Å². The van der Waals surface area contributed by atoms with E-state index in [1.807, 2.05) is 24.3 Å². The van der Waals surface area contributed by atoms with E-state index in [9.17, 15) is 4.79 Å². The van der Waals surface area contributed by atoms with Gasteiger partial charge in [-0.05, 0) is 23.6 Å². The Morgan fingerprint density at radius 2 is 1.90 bits per heavy atom. The maximum absolute atomic E-state index is 11.0. The molecule has 1 aliphatic heterocycles. The maximum atomic E-state index is 11.0. The fourth-order valence-electron chi connectivity index (χ4n) is 2.78. The minimum atomic E-state index is -0.839. The molecule has 0 atom stereocenters. The standard InChI is InChI=1S/C16H18N2O3/c1-21-13-6-5-12-3-2-4-15(14(12)11-13)17-7-9-18(10-8-17)16(19)20/h2-6,11H,7-10H2,1H3,(H,19,20). The first-order valence-corrected chi connectivity index (χ1v) is 6.98. The zero-order chi connectivity index (χ0) is 14.8. The van der Waals surface area contributed by atoms with Gasteiger partial charge in [-0.25, -0.2) is 4.79 Å². The summed E-state index contributed by atoms with van der Waals surface area (Å²) < 4.78 is 5.31. The monoisotopic (exact) mass is 286 g/mol. The van der Waals surface area contributed by atoms with Crippen LogP contribution in [0.25, 0.3) is 10.8 Å². The minimum Gasteiger partial charge on any atom is -0.497 e. The second-order valence-corrected chi connectivity index (χ2v) is 5.12. The number of amides is 1. The van der Waals surface area contributed by atoms with Crippen molar-refractivity contribution in [1.29, 1.82) is 0 Å². The van der Waals surface area contributed by atoms with Gasteiger partial charge >= 0.3 is 6.09 Å². The van der Waals surface area contributed by atoms with Gasteiger partial charge in [-0.1, -0.05) is 18.2 Å². The Hall–Kier alpha value is -2.43. The second-order valence-electron chi connectivity index (χ2n) is 5.12. The van der Waals surface area contributed by atoms with Crippen molar-refractivity contribution in [3.63, 3.8) is 0 Å². The van der Waals surface area contributed by atoms with Gasteiger partial charge in [0.15, 0.2) is 0 Å². The third kappa shape index (κ3) is 2.59. The van der Waals surface area contributed by atoms with Gasteiger partial charge < -0.3 is 19.6 Å². The Morgan fingerprint density at radius 3 is 2.57 bits per heavy atom. The summed E-state index contributed by atoms with van der Waals surface area (Å²) in [5.74, 6) is 0.833. The molecule has 0 aliphatic carbocycles. The van der Waals surface area contributed by atoms with Crippen LogP contribution in [0.1, 0.15) is 0 Å². The third-order valence-corrected chi connectivity index (χ3v) is 3.96. The molecule has 5 nitrogen and oxygen atoms in total. The predicted molar refractivity (Wildman–Crippen MR) is 82.3 cm³/mol. The van der Waals surface area contributed by atoms with Gasteiger partial charge in [0.1, 0.15) is 5.75 Å². The number of methoxy groups -OCH3 is 1. The molecule has 21 heavy (non-hydrogen) atoms. The SMILES string of the molecule is COc1ccc2cccc(N3CCN(C(=O)O)CC3)c2c1. The highest BCUT2D eigenvalue weighted by Crippen LogP contribution is 2.30. The van der Waals surface area contributed by atoms with E-state index >= 15 is 0 Å². The molecule has 0 bridgehead atoms. The number of carbonyl (C=O) groups is 1. The molecule has 2 aromatic carbocycles. The Kier molecular flexibility index (Phi) is 3.56. The van der Waals surface area contributed by atoms with Crippen molar-refractivity contribution in [1.82, 2.24) is 4.90 Å². The fourth-order valence-corrected chi connectivity index (χ4v) is 2.78. The largest absolute Gasteiger partial charge is 0.497 e. The average Bonchev–Trinajstić information content (AvgIpc) is 2.54. The van der Waals surface area contributed by atoms with E-state index in [-0.39, 0.29) is 0 Å². The number of nitrogens with zero attached hydrogens (tertiary/aromatic N) is 2. The Morgan fingerprint density at radius 1 is 1.14 bits per heavy atom. The Labute approximate surface area is 123 Å². The molecule has 1 N–H and O–H groups in total. The smallest absolute Gasteiger partial charge is 0.407 e. The highest BCUT2D eigenvalue weighted by atomic mass is 16.5. The zero-order valence-corrected chi connectivity index (χ0v) is 12.0. The van der Waals surface area contributed by atoms with Crippen LogP contribution in [0.5, 0.6) is 5.75 Å². The fraction of sp³-hybridized carbons (Fsp3) is 0.312. The van der Waals surface area contributed by atoms with Gasteiger partial charge in [-0.3, -0.25) is 0 Å². The van der Waals surface area contributed by atoms with E-state index < -0.39 is 6.09 Å². The predicted octanol–water partition coefficient (Wildman–Crippen LogP) is 2.65. The molecule has 0 aromatic heterocycles. The Bertz CT molecular complexity index is 664. The summed E-state index contributed by atoms with van der Waals surface area (Å²) in [5, 5.41) is 11.3. The molecule has 1 heterocycles. The van der Waals surface area contributed by atoms with Crippen molar-refractivity contribution in [3.8, 4) is 5.75 Å². The van der Waals surface area contributed by atoms with Gasteiger partial charge in [-0.15, -0.1) is 0 Å². The van der Waals surface area contributed by atoms with Crippen LogP contribution in [-0.2, 0) is 0 Å². The summed E-state index contributed by atoms with van der Waals surface area (Å²) in [6.07, 6.45) is -0.839. The van der Waals surface area contributed by atoms with Gasteiger partial charge in [0, 0.05) is 37.3 Å². The molecular weight excluding hydrogens is 268 g/mol. The van der Waals surface area contributed by atoms with E-state index in [1.165, 1.54) is 4.90 Å². The zero-order valence-electron chi connectivity index (χ0n) is 12.0. The van der Waals surface area contributed by atoms with Crippen LogP contribution in [0.4, 0.5) is 10.5 Å². The quantitative estimate of drug-likeness (QED) is 0.922. The minimum absolute atomic E-state index is 0.537. The first-order chi connectivity index (χ1) is 10.2. The summed E-state index contributed by atoms with van der Waals surface area (Å²) in [6.45, 7) is 2.50. The molecule has 1 aliphatic rings. The van der Waals surface area contributed by atoms with Crippen LogP contribution in [0.3, 0.4) is 0 Å². The number of ether oxygens (including phenoxy) is 1. The summed E-state index contributed by atoms with van der Waals surface area (Å²) in [4.78, 5) is 14.7. The highest BCUT2D eigenvalue weighted by molar-refractivity contribution is 5.95. The molecule has 0 radical (unpaired) electrons. The number of anilines is 1. The molecular formula is C16H18N2O3. The normalized spacial score (nSPS) is 15.3. The highest BCUT2D eigenvalue weighted by Gasteiger charge is 2.21. The lowest BCUT2D eigenvalue weighted by atomic mass is 10.1. The lowest BCUT2D eigenvalue weighted by Gasteiger charge is -2.35. The average molecular weight is 286 g/mol. The number of hydrogen-bond donors (Lipinski definition) is 1. The molecule has 1 amide bonds. The van der Waals surface area contributed by atoms with Crippen LogP contribution in [0, 0.1) is 0 Å². The van der Waals surface area contributed by atoms with E-state index in [1.54, 1.807) is 7.11 Å². The lowest BCUT2D eigenvalue weighted by molar-refractivity contribution is 0.142. The van der Waals surface area contributed by atoms with Crippen LogP contribution in [0.15, 0.2) is 36.4 Å². The molecule has 1 saturated heterocycles. The van der Waals surface area contributed by atoms with Crippen molar-refractivity contribution in [2.45, 2.75) is 0 Å². The molecule has 5 heteroatoms. The van der Waals surface area contributed by atoms with E-state index in [0.717, 1.165) is 22.2 Å². The van der Waals surface area contributed by atoms with E-state index in [4.69, 9.17) is 9.84 Å². The lowest BCUT2D eigenvalue weighted by Crippen LogP contribution is -2.48. The van der Waals surface area contributed by atoms with Crippen molar-refractivity contribution in [2.24, 2.45) is 0 Å². The second kappa shape index (κ2) is 5.52. The number of fused-ring (bicyclic) bond motifs is 1. The van der Waals surface area contributed by atoms with Crippen molar-refractivity contribution in [3.05, 3.63) is 36.4 Å². The summed E-state index contributed by atoms with van der Waals surface area (Å²) in [6, 6.07) is 12.2. The topological polar surface area (TPSA) is 53.0 Å². The van der Waals surface area contributed by atoms with Gasteiger partial charge in [0.25, 0.3) is 0 Å². The Balaban J connectivity index is 1.92. The van der Waals surface area contributed by atoms with Crippen LogP contribution >= 0.6 is 0 Å². The number of carboxylic acid groups (broad SMARTS) is 1. The van der Waals surface area contributed by atoms with E-state index in [0.29, 0.717) is 26.2 Å². The molecule has 110 valence electrons. The number of rotatable bonds is 2. The number of piperazine rings is 1. The summed E-state index contributed by atoms with van der Waals surface area (Å²) in [5.41, 5.74) is 1.14. The third-order valence-electron chi connectivity index (χ3n) is 3.96. The van der Waals surface area contributed by atoms with E-state index in [2.05, 4.69) is 17.0 Å². The van der Waals surface area contributed by atoms with Crippen molar-refractivity contribution < 1.29 is 14.6 Å². The molecule has 0 saturated carbocycles. The van der Waals surface area contributed by atoms with Gasteiger partial charge in [0.2, 0.25) is 0 Å². The first-order valence-electron chi connectivity index (χ1n) is 6.98. The summed E-state index contributed by atoms with van der Waals surface area (Å²) >= 11 is 0. The van der Waals surface area contributed by atoms with Crippen LogP contribution in [-0.4, -0.2) is 49.4 Å².